The van der Waals surface area contributed by atoms with Crippen LogP contribution >= 0.6 is 11.6 Å². The van der Waals surface area contributed by atoms with Crippen molar-refractivity contribution in [3.63, 3.8) is 0 Å². The molecule has 0 aliphatic carbocycles. The van der Waals surface area contributed by atoms with Gasteiger partial charge in [-0.15, -0.1) is 0 Å². The van der Waals surface area contributed by atoms with Crippen LogP contribution in [0.2, 0.25) is 5.02 Å². The molecule has 7 nitrogen and oxygen atoms in total. The Balaban J connectivity index is 1.34. The number of carbonyl (C=O) groups is 1. The number of carbonyl (C=O) groups excluding carboxylic acids is 1. The van der Waals surface area contributed by atoms with Crippen LogP contribution in [0.25, 0.3) is 0 Å². The minimum Gasteiger partial charge on any atom is -0.470 e. The Morgan fingerprint density at radius 2 is 1.97 bits per heavy atom. The number of aromatic nitrogens is 2. The van der Waals surface area contributed by atoms with Gasteiger partial charge in [0.1, 0.15) is 5.75 Å². The minimum absolute atomic E-state index is 0.159. The zero-order chi connectivity index (χ0) is 20.8. The molecule has 0 radical (unpaired) electrons. The molecule has 1 amide bonds. The zero-order valence-electron chi connectivity index (χ0n) is 16.5. The van der Waals surface area contributed by atoms with E-state index in [1.54, 1.807) is 29.1 Å². The lowest BCUT2D eigenvalue weighted by Crippen LogP contribution is -2.35. The summed E-state index contributed by atoms with van der Waals surface area (Å²) in [5.74, 6) is 0.299. The molecule has 2 aromatic carbocycles. The molecule has 156 valence electrons. The number of nitrogens with zero attached hydrogens (tertiary/aromatic N) is 3. The SMILES string of the molecule is O=C(Nc1cccc(CN2CCOCC2)c1)c1ccn(COc2ccccc2Cl)n1. The molecule has 1 fully saturated rings. The summed E-state index contributed by atoms with van der Waals surface area (Å²) in [6, 6.07) is 16.7. The van der Waals surface area contributed by atoms with Gasteiger partial charge < -0.3 is 14.8 Å². The summed E-state index contributed by atoms with van der Waals surface area (Å²) in [5.41, 5.74) is 2.21. The summed E-state index contributed by atoms with van der Waals surface area (Å²) in [6.07, 6.45) is 1.70. The number of morpholine rings is 1. The van der Waals surface area contributed by atoms with Crippen molar-refractivity contribution < 1.29 is 14.3 Å². The second-order valence-corrected chi connectivity index (χ2v) is 7.39. The maximum absolute atomic E-state index is 12.6. The van der Waals surface area contributed by atoms with Gasteiger partial charge in [0.2, 0.25) is 0 Å². The molecule has 0 atom stereocenters. The van der Waals surface area contributed by atoms with Crippen LogP contribution in [0.3, 0.4) is 0 Å². The van der Waals surface area contributed by atoms with Crippen LogP contribution in [0.1, 0.15) is 16.1 Å². The van der Waals surface area contributed by atoms with Crippen LogP contribution in [0.15, 0.2) is 60.8 Å². The number of nitrogens with one attached hydrogen (secondary N) is 1. The molecule has 4 rings (SSSR count). The molecule has 1 aliphatic rings. The van der Waals surface area contributed by atoms with E-state index in [-0.39, 0.29) is 12.6 Å². The van der Waals surface area contributed by atoms with Crippen molar-refractivity contribution in [2.24, 2.45) is 0 Å². The zero-order valence-corrected chi connectivity index (χ0v) is 17.2. The summed E-state index contributed by atoms with van der Waals surface area (Å²) in [4.78, 5) is 14.9. The Morgan fingerprint density at radius 1 is 1.13 bits per heavy atom. The van der Waals surface area contributed by atoms with Crippen molar-refractivity contribution in [3.8, 4) is 5.75 Å². The van der Waals surface area contributed by atoms with E-state index >= 15 is 0 Å². The highest BCUT2D eigenvalue weighted by atomic mass is 35.5. The van der Waals surface area contributed by atoms with Gasteiger partial charge in [-0.3, -0.25) is 9.69 Å². The highest BCUT2D eigenvalue weighted by molar-refractivity contribution is 6.32. The molecule has 0 unspecified atom stereocenters. The minimum atomic E-state index is -0.269. The van der Waals surface area contributed by atoms with Crippen molar-refractivity contribution in [1.82, 2.24) is 14.7 Å². The lowest BCUT2D eigenvalue weighted by Gasteiger charge is -2.26. The summed E-state index contributed by atoms with van der Waals surface area (Å²) >= 11 is 6.08. The summed E-state index contributed by atoms with van der Waals surface area (Å²) < 4.78 is 12.6. The molecule has 0 saturated carbocycles. The maximum Gasteiger partial charge on any atom is 0.276 e. The summed E-state index contributed by atoms with van der Waals surface area (Å²) in [6.45, 7) is 4.36. The molecule has 1 aromatic heterocycles. The second kappa shape index (κ2) is 9.75. The van der Waals surface area contributed by atoms with Gasteiger partial charge in [0.05, 0.1) is 18.2 Å². The van der Waals surface area contributed by atoms with E-state index in [4.69, 9.17) is 21.1 Å². The van der Waals surface area contributed by atoms with E-state index in [1.807, 2.05) is 30.3 Å². The molecule has 1 N–H and O–H groups in total. The number of para-hydroxylation sites is 1. The predicted octanol–water partition coefficient (Wildman–Crippen LogP) is 3.66. The molecule has 0 bridgehead atoms. The Labute approximate surface area is 180 Å². The van der Waals surface area contributed by atoms with E-state index < -0.39 is 0 Å². The summed E-state index contributed by atoms with van der Waals surface area (Å²) in [7, 11) is 0. The van der Waals surface area contributed by atoms with Gasteiger partial charge in [0.25, 0.3) is 5.91 Å². The third-order valence-corrected chi connectivity index (χ3v) is 5.07. The number of halogens is 1. The topological polar surface area (TPSA) is 68.6 Å². The predicted molar refractivity (Wildman–Crippen MR) is 115 cm³/mol. The lowest BCUT2D eigenvalue weighted by molar-refractivity contribution is 0.0342. The standard InChI is InChI=1S/C22H23ClN4O3/c23-19-6-1-2-7-21(19)30-16-27-9-8-20(25-27)22(28)24-18-5-3-4-17(14-18)15-26-10-12-29-13-11-26/h1-9,14H,10-13,15-16H2,(H,24,28). The average Bonchev–Trinajstić information content (AvgIpc) is 3.23. The van der Waals surface area contributed by atoms with Crippen LogP contribution in [0.5, 0.6) is 5.75 Å². The third kappa shape index (κ3) is 5.38. The number of rotatable bonds is 7. The molecular formula is C22H23ClN4O3. The Hall–Kier alpha value is -2.87. The van der Waals surface area contributed by atoms with Crippen LogP contribution in [0.4, 0.5) is 5.69 Å². The molecule has 1 saturated heterocycles. The van der Waals surface area contributed by atoms with Gasteiger partial charge in [0, 0.05) is 31.5 Å². The number of hydrogen-bond donors (Lipinski definition) is 1. The monoisotopic (exact) mass is 426 g/mol. The highest BCUT2D eigenvalue weighted by Crippen LogP contribution is 2.23. The first-order valence-electron chi connectivity index (χ1n) is 9.78. The molecule has 3 aromatic rings. The van der Waals surface area contributed by atoms with Gasteiger partial charge in [-0.1, -0.05) is 35.9 Å². The molecule has 2 heterocycles. The fourth-order valence-corrected chi connectivity index (χ4v) is 3.40. The molecule has 1 aliphatic heterocycles. The molecule has 30 heavy (non-hydrogen) atoms. The second-order valence-electron chi connectivity index (χ2n) is 6.99. The number of hydrogen-bond acceptors (Lipinski definition) is 5. The van der Waals surface area contributed by atoms with Crippen LogP contribution in [0, 0.1) is 0 Å². The fraction of sp³-hybridized carbons (Fsp3) is 0.273. The first-order chi connectivity index (χ1) is 14.7. The van der Waals surface area contributed by atoms with E-state index in [9.17, 15) is 4.79 Å². The van der Waals surface area contributed by atoms with Gasteiger partial charge in [-0.25, -0.2) is 4.68 Å². The quantitative estimate of drug-likeness (QED) is 0.624. The molecular weight excluding hydrogens is 404 g/mol. The van der Waals surface area contributed by atoms with E-state index in [0.717, 1.165) is 44.1 Å². The number of ether oxygens (including phenoxy) is 2. The van der Waals surface area contributed by atoms with E-state index in [1.165, 1.54) is 0 Å². The first kappa shape index (κ1) is 20.4. The number of amides is 1. The van der Waals surface area contributed by atoms with Gasteiger partial charge >= 0.3 is 0 Å². The Morgan fingerprint density at radius 3 is 2.80 bits per heavy atom. The Bertz CT molecular complexity index is 1000. The third-order valence-electron chi connectivity index (χ3n) is 4.76. The van der Waals surface area contributed by atoms with E-state index in [0.29, 0.717) is 16.5 Å². The smallest absolute Gasteiger partial charge is 0.276 e. The van der Waals surface area contributed by atoms with E-state index in [2.05, 4.69) is 21.4 Å². The van der Waals surface area contributed by atoms with Gasteiger partial charge in [0.15, 0.2) is 12.4 Å². The van der Waals surface area contributed by atoms with Crippen LogP contribution < -0.4 is 10.1 Å². The van der Waals surface area contributed by atoms with Gasteiger partial charge in [-0.05, 0) is 35.9 Å². The molecule has 8 heteroatoms. The van der Waals surface area contributed by atoms with Crippen molar-refractivity contribution in [2.75, 3.05) is 31.6 Å². The van der Waals surface area contributed by atoms with Crippen molar-refractivity contribution >= 4 is 23.2 Å². The normalized spacial score (nSPS) is 14.4. The molecule has 0 spiro atoms. The highest BCUT2D eigenvalue weighted by Gasteiger charge is 2.13. The maximum atomic E-state index is 12.6. The van der Waals surface area contributed by atoms with Crippen molar-refractivity contribution in [1.29, 1.82) is 0 Å². The van der Waals surface area contributed by atoms with Gasteiger partial charge in [-0.2, -0.15) is 5.10 Å². The van der Waals surface area contributed by atoms with Crippen LogP contribution in [-0.4, -0.2) is 46.9 Å². The lowest BCUT2D eigenvalue weighted by atomic mass is 10.2. The van der Waals surface area contributed by atoms with Crippen molar-refractivity contribution in [2.45, 2.75) is 13.3 Å². The average molecular weight is 427 g/mol. The van der Waals surface area contributed by atoms with Crippen molar-refractivity contribution in [3.05, 3.63) is 77.1 Å². The number of benzene rings is 2. The summed E-state index contributed by atoms with van der Waals surface area (Å²) in [5, 5.41) is 7.72. The van der Waals surface area contributed by atoms with Crippen LogP contribution in [-0.2, 0) is 18.0 Å². The fourth-order valence-electron chi connectivity index (χ4n) is 3.21. The Kier molecular flexibility index (Phi) is 6.63. The largest absolute Gasteiger partial charge is 0.470 e. The number of anilines is 1. The first-order valence-corrected chi connectivity index (χ1v) is 10.2.